The number of sulfonamides is 1. The van der Waals surface area contributed by atoms with Gasteiger partial charge in [-0.05, 0) is 37.5 Å². The number of nitriles is 1. The molecule has 2 rings (SSSR count). The highest BCUT2D eigenvalue weighted by Gasteiger charge is 2.28. The van der Waals surface area contributed by atoms with Crippen LogP contribution in [0.4, 0.5) is 0 Å². The largest absolute Gasteiger partial charge is 0.326 e. The van der Waals surface area contributed by atoms with Crippen LogP contribution in [0.25, 0.3) is 0 Å². The summed E-state index contributed by atoms with van der Waals surface area (Å²) in [5, 5.41) is 8.90. The van der Waals surface area contributed by atoms with Crippen molar-refractivity contribution in [1.29, 1.82) is 5.26 Å². The molecule has 0 heterocycles. The third-order valence-corrected chi connectivity index (χ3v) is 5.36. The van der Waals surface area contributed by atoms with E-state index in [4.69, 9.17) is 11.0 Å². The summed E-state index contributed by atoms with van der Waals surface area (Å²) in [7, 11) is -3.64. The zero-order valence-corrected chi connectivity index (χ0v) is 12.3. The smallest absolute Gasteiger partial charge is 0.241 e. The zero-order chi connectivity index (χ0) is 14.8. The van der Waals surface area contributed by atoms with E-state index in [1.54, 1.807) is 19.1 Å². The van der Waals surface area contributed by atoms with E-state index in [0.717, 1.165) is 25.7 Å². The van der Waals surface area contributed by atoms with Crippen molar-refractivity contribution < 1.29 is 8.42 Å². The molecule has 5 nitrogen and oxygen atoms in total. The summed E-state index contributed by atoms with van der Waals surface area (Å²) in [4.78, 5) is 0.161. The number of nitrogens with zero attached hydrogens (tertiary/aromatic N) is 1. The Balaban J connectivity index is 2.28. The van der Waals surface area contributed by atoms with E-state index in [2.05, 4.69) is 4.72 Å². The normalized spacial score (nSPS) is 23.2. The Morgan fingerprint density at radius 3 is 2.70 bits per heavy atom. The van der Waals surface area contributed by atoms with Gasteiger partial charge >= 0.3 is 0 Å². The van der Waals surface area contributed by atoms with E-state index in [1.165, 1.54) is 6.07 Å². The van der Waals surface area contributed by atoms with Crippen LogP contribution in [0.15, 0.2) is 23.1 Å². The van der Waals surface area contributed by atoms with Crippen molar-refractivity contribution in [2.24, 2.45) is 5.73 Å². The van der Waals surface area contributed by atoms with Crippen LogP contribution in [0.3, 0.4) is 0 Å². The van der Waals surface area contributed by atoms with Gasteiger partial charge in [0.1, 0.15) is 0 Å². The van der Waals surface area contributed by atoms with E-state index in [9.17, 15) is 8.42 Å². The highest BCUT2D eigenvalue weighted by molar-refractivity contribution is 7.89. The van der Waals surface area contributed by atoms with Crippen molar-refractivity contribution in [2.75, 3.05) is 0 Å². The molecule has 1 aliphatic rings. The highest BCUT2D eigenvalue weighted by Crippen LogP contribution is 2.21. The molecule has 0 saturated heterocycles. The van der Waals surface area contributed by atoms with Gasteiger partial charge in [0.25, 0.3) is 0 Å². The molecular weight excluding hydrogens is 274 g/mol. The Labute approximate surface area is 119 Å². The molecule has 1 saturated carbocycles. The summed E-state index contributed by atoms with van der Waals surface area (Å²) < 4.78 is 27.6. The Kier molecular flexibility index (Phi) is 4.43. The predicted molar refractivity (Wildman–Crippen MR) is 76.4 cm³/mol. The molecule has 1 aliphatic carbocycles. The van der Waals surface area contributed by atoms with Gasteiger partial charge < -0.3 is 5.73 Å². The molecule has 2 atom stereocenters. The second-order valence-corrected chi connectivity index (χ2v) is 6.95. The molecule has 1 fully saturated rings. The van der Waals surface area contributed by atoms with E-state index in [-0.39, 0.29) is 17.0 Å². The molecule has 6 heteroatoms. The number of rotatable bonds is 3. The molecule has 1 aromatic rings. The van der Waals surface area contributed by atoms with Gasteiger partial charge in [-0.1, -0.05) is 18.9 Å². The van der Waals surface area contributed by atoms with E-state index in [0.29, 0.717) is 11.1 Å². The number of hydrogen-bond donors (Lipinski definition) is 2. The van der Waals surface area contributed by atoms with Crippen LogP contribution in [-0.4, -0.2) is 20.5 Å². The van der Waals surface area contributed by atoms with Crippen LogP contribution < -0.4 is 10.5 Å². The lowest BCUT2D eigenvalue weighted by atomic mass is 9.92. The lowest BCUT2D eigenvalue weighted by Crippen LogP contribution is -2.49. The predicted octanol–water partition coefficient (Wildman–Crippen LogP) is 1.41. The number of benzene rings is 1. The topological polar surface area (TPSA) is 96.0 Å². The molecule has 0 aromatic heterocycles. The minimum Gasteiger partial charge on any atom is -0.326 e. The number of hydrogen-bond acceptors (Lipinski definition) is 4. The molecule has 0 aliphatic heterocycles. The van der Waals surface area contributed by atoms with Gasteiger partial charge in [-0.25, -0.2) is 13.1 Å². The monoisotopic (exact) mass is 293 g/mol. The quantitative estimate of drug-likeness (QED) is 0.880. The van der Waals surface area contributed by atoms with Gasteiger partial charge in [0, 0.05) is 12.1 Å². The Morgan fingerprint density at radius 2 is 2.05 bits per heavy atom. The van der Waals surface area contributed by atoms with Gasteiger partial charge in [0.05, 0.1) is 16.5 Å². The van der Waals surface area contributed by atoms with Crippen molar-refractivity contribution in [1.82, 2.24) is 4.72 Å². The van der Waals surface area contributed by atoms with E-state index >= 15 is 0 Å². The Hall–Kier alpha value is -1.42. The number of nitrogens with one attached hydrogen (secondary N) is 1. The van der Waals surface area contributed by atoms with Crippen molar-refractivity contribution in [3.63, 3.8) is 0 Å². The molecule has 0 amide bonds. The van der Waals surface area contributed by atoms with Crippen LogP contribution >= 0.6 is 0 Å². The van der Waals surface area contributed by atoms with Crippen LogP contribution in [0.2, 0.25) is 0 Å². The molecule has 20 heavy (non-hydrogen) atoms. The first-order chi connectivity index (χ1) is 9.44. The maximum atomic E-state index is 12.5. The van der Waals surface area contributed by atoms with Crippen LogP contribution in [0.5, 0.6) is 0 Å². The van der Waals surface area contributed by atoms with Crippen LogP contribution in [-0.2, 0) is 10.0 Å². The molecule has 2 unspecified atom stereocenters. The van der Waals surface area contributed by atoms with Gasteiger partial charge in [-0.2, -0.15) is 5.26 Å². The van der Waals surface area contributed by atoms with Gasteiger partial charge in [-0.3, -0.25) is 0 Å². The lowest BCUT2D eigenvalue weighted by molar-refractivity contribution is 0.361. The minimum absolute atomic E-state index is 0.141. The summed E-state index contributed by atoms with van der Waals surface area (Å²) in [5.41, 5.74) is 6.94. The average Bonchev–Trinajstić information content (AvgIpc) is 2.41. The fourth-order valence-corrected chi connectivity index (χ4v) is 4.12. The summed E-state index contributed by atoms with van der Waals surface area (Å²) in [6.45, 7) is 1.72. The lowest BCUT2D eigenvalue weighted by Gasteiger charge is -2.29. The van der Waals surface area contributed by atoms with E-state index in [1.807, 2.05) is 6.07 Å². The molecule has 0 bridgehead atoms. The second kappa shape index (κ2) is 5.92. The van der Waals surface area contributed by atoms with Crippen LogP contribution in [0.1, 0.15) is 36.8 Å². The average molecular weight is 293 g/mol. The first-order valence-electron chi connectivity index (χ1n) is 6.73. The summed E-state index contributed by atoms with van der Waals surface area (Å²) in [6.07, 6.45) is 3.63. The molecule has 3 N–H and O–H groups in total. The van der Waals surface area contributed by atoms with Crippen molar-refractivity contribution in [3.05, 3.63) is 29.3 Å². The van der Waals surface area contributed by atoms with Gasteiger partial charge in [-0.15, -0.1) is 0 Å². The molecule has 0 radical (unpaired) electrons. The number of nitrogens with two attached hydrogens (primary N) is 1. The summed E-state index contributed by atoms with van der Waals surface area (Å²) in [6, 6.07) is 6.27. The van der Waals surface area contributed by atoms with Crippen molar-refractivity contribution in [2.45, 2.75) is 49.6 Å². The molecular formula is C14H19N3O2S. The minimum atomic E-state index is -3.64. The standard InChI is InChI=1S/C14H19N3O2S/c1-10-6-7-11(9-15)8-14(10)20(18,19)17-13-5-3-2-4-12(13)16/h6-8,12-13,17H,2-5,16H2,1H3. The van der Waals surface area contributed by atoms with Crippen LogP contribution in [0, 0.1) is 18.3 Å². The molecule has 0 spiro atoms. The third-order valence-electron chi connectivity index (χ3n) is 3.73. The fourth-order valence-electron chi connectivity index (χ4n) is 2.53. The zero-order valence-electron chi connectivity index (χ0n) is 11.5. The van der Waals surface area contributed by atoms with E-state index < -0.39 is 10.0 Å². The first-order valence-corrected chi connectivity index (χ1v) is 8.21. The second-order valence-electron chi connectivity index (χ2n) is 5.27. The Bertz CT molecular complexity index is 634. The SMILES string of the molecule is Cc1ccc(C#N)cc1S(=O)(=O)NC1CCCCC1N. The number of aryl methyl sites for hydroxylation is 1. The first kappa shape index (κ1) is 15.0. The summed E-state index contributed by atoms with van der Waals surface area (Å²) >= 11 is 0. The van der Waals surface area contributed by atoms with Gasteiger partial charge in [0.15, 0.2) is 0 Å². The third kappa shape index (κ3) is 3.18. The fraction of sp³-hybridized carbons (Fsp3) is 0.500. The maximum absolute atomic E-state index is 12.5. The van der Waals surface area contributed by atoms with Gasteiger partial charge in [0.2, 0.25) is 10.0 Å². The Morgan fingerprint density at radius 1 is 1.35 bits per heavy atom. The van der Waals surface area contributed by atoms with Crippen molar-refractivity contribution >= 4 is 10.0 Å². The van der Waals surface area contributed by atoms with Crippen molar-refractivity contribution in [3.8, 4) is 6.07 Å². The molecule has 108 valence electrons. The molecule has 1 aromatic carbocycles. The highest BCUT2D eigenvalue weighted by atomic mass is 32.2. The summed E-state index contributed by atoms with van der Waals surface area (Å²) in [5.74, 6) is 0. The maximum Gasteiger partial charge on any atom is 0.241 e.